The van der Waals surface area contributed by atoms with Crippen molar-refractivity contribution < 1.29 is 22.7 Å². The lowest BCUT2D eigenvalue weighted by molar-refractivity contribution is -0.274. The average molecular weight is 272 g/mol. The van der Waals surface area contributed by atoms with Gasteiger partial charge in [-0.3, -0.25) is 4.79 Å². The van der Waals surface area contributed by atoms with E-state index in [0.29, 0.717) is 0 Å². The minimum atomic E-state index is -4.86. The van der Waals surface area contributed by atoms with E-state index in [0.717, 1.165) is 6.07 Å². The first-order valence-electron chi connectivity index (χ1n) is 5.23. The van der Waals surface area contributed by atoms with Crippen molar-refractivity contribution in [1.29, 1.82) is 5.26 Å². The van der Waals surface area contributed by atoms with Gasteiger partial charge >= 0.3 is 6.36 Å². The normalized spacial score (nSPS) is 11.6. The fraction of sp³-hybridized carbons (Fsp3) is 0.333. The van der Waals surface area contributed by atoms with Crippen molar-refractivity contribution >= 4 is 11.6 Å². The van der Waals surface area contributed by atoms with Gasteiger partial charge in [0, 0.05) is 0 Å². The molecule has 19 heavy (non-hydrogen) atoms. The number of benzene rings is 1. The van der Waals surface area contributed by atoms with Crippen LogP contribution in [0.5, 0.6) is 5.75 Å². The first kappa shape index (κ1) is 14.8. The van der Waals surface area contributed by atoms with Gasteiger partial charge in [0.15, 0.2) is 5.75 Å². The fourth-order valence-electron chi connectivity index (χ4n) is 1.11. The van der Waals surface area contributed by atoms with Crippen LogP contribution in [0, 0.1) is 16.7 Å². The predicted molar refractivity (Wildman–Crippen MR) is 61.1 cm³/mol. The van der Waals surface area contributed by atoms with Crippen molar-refractivity contribution in [3.63, 3.8) is 0 Å². The SMILES string of the molecule is CC(C)(C#N)C(=O)Nc1ccccc1OC(F)(F)F. The second-order valence-corrected chi connectivity index (χ2v) is 4.23. The van der Waals surface area contributed by atoms with E-state index < -0.39 is 23.4 Å². The van der Waals surface area contributed by atoms with Gasteiger partial charge in [0.05, 0.1) is 11.8 Å². The Balaban J connectivity index is 2.97. The van der Waals surface area contributed by atoms with Crippen molar-refractivity contribution in [3.05, 3.63) is 24.3 Å². The van der Waals surface area contributed by atoms with Crippen molar-refractivity contribution in [2.24, 2.45) is 5.41 Å². The summed E-state index contributed by atoms with van der Waals surface area (Å²) in [4.78, 5) is 11.7. The molecule has 0 aliphatic carbocycles. The number of amides is 1. The lowest BCUT2D eigenvalue weighted by atomic mass is 9.94. The Bertz CT molecular complexity index is 518. The van der Waals surface area contributed by atoms with Crippen LogP contribution in [0.25, 0.3) is 0 Å². The molecule has 0 aliphatic heterocycles. The Kier molecular flexibility index (Phi) is 4.04. The Labute approximate surface area is 107 Å². The van der Waals surface area contributed by atoms with Crippen molar-refractivity contribution in [2.45, 2.75) is 20.2 Å². The van der Waals surface area contributed by atoms with E-state index in [1.54, 1.807) is 6.07 Å². The van der Waals surface area contributed by atoms with Gasteiger partial charge in [-0.05, 0) is 26.0 Å². The zero-order valence-electron chi connectivity index (χ0n) is 10.2. The van der Waals surface area contributed by atoms with E-state index in [2.05, 4.69) is 10.1 Å². The van der Waals surface area contributed by atoms with E-state index in [9.17, 15) is 18.0 Å². The standard InChI is InChI=1S/C12H11F3N2O2/c1-11(2,7-16)10(18)17-8-5-3-4-6-9(8)19-12(13,14)15/h3-6H,1-2H3,(H,17,18). The number of para-hydroxylation sites is 2. The van der Waals surface area contributed by atoms with Crippen molar-refractivity contribution in [1.82, 2.24) is 0 Å². The van der Waals surface area contributed by atoms with Crippen LogP contribution >= 0.6 is 0 Å². The van der Waals surface area contributed by atoms with Gasteiger partial charge in [0.2, 0.25) is 5.91 Å². The molecule has 0 bridgehead atoms. The summed E-state index contributed by atoms with van der Waals surface area (Å²) >= 11 is 0. The van der Waals surface area contributed by atoms with Crippen LogP contribution in [-0.4, -0.2) is 12.3 Å². The lowest BCUT2D eigenvalue weighted by Gasteiger charge is -2.17. The summed E-state index contributed by atoms with van der Waals surface area (Å²) in [5, 5.41) is 11.0. The Morgan fingerprint density at radius 1 is 1.32 bits per heavy atom. The number of carbonyl (C=O) groups is 1. The van der Waals surface area contributed by atoms with Gasteiger partial charge in [-0.1, -0.05) is 12.1 Å². The Morgan fingerprint density at radius 3 is 2.42 bits per heavy atom. The number of anilines is 1. The van der Waals surface area contributed by atoms with Gasteiger partial charge in [-0.25, -0.2) is 0 Å². The maximum atomic E-state index is 12.2. The highest BCUT2D eigenvalue weighted by molar-refractivity contribution is 5.97. The third-order valence-electron chi connectivity index (χ3n) is 2.21. The maximum absolute atomic E-state index is 12.2. The monoisotopic (exact) mass is 272 g/mol. The molecule has 0 aromatic heterocycles. The highest BCUT2D eigenvalue weighted by Crippen LogP contribution is 2.31. The Morgan fingerprint density at radius 2 is 1.89 bits per heavy atom. The molecule has 0 spiro atoms. The summed E-state index contributed by atoms with van der Waals surface area (Å²) in [5.74, 6) is -1.25. The molecule has 0 saturated carbocycles. The number of hydrogen-bond acceptors (Lipinski definition) is 3. The third-order valence-corrected chi connectivity index (χ3v) is 2.21. The molecule has 0 unspecified atom stereocenters. The molecule has 1 N–H and O–H groups in total. The zero-order chi connectivity index (χ0) is 14.7. The minimum absolute atomic E-state index is 0.145. The zero-order valence-corrected chi connectivity index (χ0v) is 10.2. The number of hydrogen-bond donors (Lipinski definition) is 1. The molecule has 0 atom stereocenters. The molecule has 1 amide bonds. The molecule has 0 heterocycles. The quantitative estimate of drug-likeness (QED) is 0.919. The number of ether oxygens (including phenoxy) is 1. The number of nitriles is 1. The predicted octanol–water partition coefficient (Wildman–Crippen LogP) is 3.07. The van der Waals surface area contributed by atoms with Gasteiger partial charge in [-0.2, -0.15) is 5.26 Å². The van der Waals surface area contributed by atoms with Gasteiger partial charge in [0.1, 0.15) is 5.41 Å². The van der Waals surface area contributed by atoms with Crippen molar-refractivity contribution in [2.75, 3.05) is 5.32 Å². The first-order chi connectivity index (χ1) is 8.65. The maximum Gasteiger partial charge on any atom is 0.573 e. The number of halogens is 3. The van der Waals surface area contributed by atoms with Crippen LogP contribution in [0.3, 0.4) is 0 Å². The molecular weight excluding hydrogens is 261 g/mol. The molecule has 0 aliphatic rings. The van der Waals surface area contributed by atoms with Gasteiger partial charge < -0.3 is 10.1 Å². The molecule has 0 radical (unpaired) electrons. The number of nitrogens with zero attached hydrogens (tertiary/aromatic N) is 1. The highest BCUT2D eigenvalue weighted by Gasteiger charge is 2.33. The van der Waals surface area contributed by atoms with Gasteiger partial charge in [0.25, 0.3) is 0 Å². The highest BCUT2D eigenvalue weighted by atomic mass is 19.4. The van der Waals surface area contributed by atoms with Gasteiger partial charge in [-0.15, -0.1) is 13.2 Å². The molecule has 0 fully saturated rings. The smallest absolute Gasteiger partial charge is 0.404 e. The summed E-state index contributed by atoms with van der Waals surface area (Å²) in [6.45, 7) is 2.71. The van der Waals surface area contributed by atoms with Crippen LogP contribution in [0.4, 0.5) is 18.9 Å². The molecule has 1 aromatic carbocycles. The van der Waals surface area contributed by atoms with E-state index in [-0.39, 0.29) is 5.69 Å². The summed E-state index contributed by atoms with van der Waals surface area (Å²) in [6.07, 6.45) is -4.86. The summed E-state index contributed by atoms with van der Waals surface area (Å²) in [5.41, 5.74) is -1.50. The average Bonchev–Trinajstić information content (AvgIpc) is 2.29. The molecule has 1 rings (SSSR count). The first-order valence-corrected chi connectivity index (χ1v) is 5.23. The molecule has 4 nitrogen and oxygen atoms in total. The minimum Gasteiger partial charge on any atom is -0.404 e. The summed E-state index contributed by atoms with van der Waals surface area (Å²) < 4.78 is 40.3. The molecule has 0 saturated heterocycles. The fourth-order valence-corrected chi connectivity index (χ4v) is 1.11. The lowest BCUT2D eigenvalue weighted by Crippen LogP contribution is -2.29. The van der Waals surface area contributed by atoms with Crippen molar-refractivity contribution in [3.8, 4) is 11.8 Å². The van der Waals surface area contributed by atoms with Crippen LogP contribution in [-0.2, 0) is 4.79 Å². The largest absolute Gasteiger partial charge is 0.573 e. The second-order valence-electron chi connectivity index (χ2n) is 4.23. The van der Waals surface area contributed by atoms with E-state index in [1.165, 1.54) is 32.0 Å². The number of rotatable bonds is 3. The van der Waals surface area contributed by atoms with Crippen LogP contribution in [0.1, 0.15) is 13.8 Å². The molecule has 102 valence electrons. The van der Waals surface area contributed by atoms with E-state index >= 15 is 0 Å². The number of carbonyl (C=O) groups excluding carboxylic acids is 1. The number of nitrogens with one attached hydrogen (secondary N) is 1. The van der Waals surface area contributed by atoms with Crippen LogP contribution in [0.2, 0.25) is 0 Å². The molecule has 1 aromatic rings. The van der Waals surface area contributed by atoms with Crippen LogP contribution in [0.15, 0.2) is 24.3 Å². The molecule has 7 heteroatoms. The van der Waals surface area contributed by atoms with Crippen LogP contribution < -0.4 is 10.1 Å². The second kappa shape index (κ2) is 5.18. The molecular formula is C12H11F3N2O2. The topological polar surface area (TPSA) is 62.1 Å². The van der Waals surface area contributed by atoms with E-state index in [4.69, 9.17) is 5.26 Å². The summed E-state index contributed by atoms with van der Waals surface area (Å²) in [6, 6.07) is 6.86. The third kappa shape index (κ3) is 4.17. The van der Waals surface area contributed by atoms with E-state index in [1.807, 2.05) is 0 Å². The number of alkyl halides is 3. The summed E-state index contributed by atoms with van der Waals surface area (Å²) in [7, 11) is 0. The Hall–Kier alpha value is -2.23.